The van der Waals surface area contributed by atoms with E-state index in [0.29, 0.717) is 0 Å². The molecule has 1 aliphatic rings. The third kappa shape index (κ3) is 3.78. The van der Waals surface area contributed by atoms with Crippen molar-refractivity contribution in [2.75, 3.05) is 6.54 Å². The second-order valence-electron chi connectivity index (χ2n) is 5.59. The van der Waals surface area contributed by atoms with Crippen LogP contribution in [-0.2, 0) is 6.42 Å². The van der Waals surface area contributed by atoms with Crippen LogP contribution in [0.3, 0.4) is 0 Å². The average molecular weight is 252 g/mol. The quantitative estimate of drug-likeness (QED) is 0.888. The first-order chi connectivity index (χ1) is 8.15. The van der Waals surface area contributed by atoms with Crippen LogP contribution in [0.5, 0.6) is 0 Å². The van der Waals surface area contributed by atoms with Gasteiger partial charge in [0.25, 0.3) is 0 Å². The van der Waals surface area contributed by atoms with E-state index in [1.807, 2.05) is 0 Å². The van der Waals surface area contributed by atoms with Gasteiger partial charge in [0.05, 0.1) is 5.01 Å². The fourth-order valence-electron chi connectivity index (χ4n) is 2.85. The van der Waals surface area contributed by atoms with Crippen molar-refractivity contribution in [3.05, 3.63) is 16.1 Å². The molecule has 0 aromatic carbocycles. The number of hydrogen-bond donors (Lipinski definition) is 1. The van der Waals surface area contributed by atoms with Gasteiger partial charge in [0.15, 0.2) is 0 Å². The van der Waals surface area contributed by atoms with E-state index in [4.69, 9.17) is 0 Å². The molecule has 1 aromatic heterocycles. The van der Waals surface area contributed by atoms with Crippen molar-refractivity contribution in [1.29, 1.82) is 0 Å². The van der Waals surface area contributed by atoms with Gasteiger partial charge in [0.1, 0.15) is 0 Å². The van der Waals surface area contributed by atoms with Crippen LogP contribution >= 0.6 is 11.3 Å². The lowest BCUT2D eigenvalue weighted by Gasteiger charge is -2.33. The monoisotopic (exact) mass is 252 g/mol. The molecule has 1 saturated carbocycles. The van der Waals surface area contributed by atoms with Crippen molar-refractivity contribution in [2.45, 2.75) is 52.5 Å². The van der Waals surface area contributed by atoms with E-state index in [1.54, 1.807) is 11.3 Å². The number of nitrogens with one attached hydrogen (secondary N) is 1. The van der Waals surface area contributed by atoms with Gasteiger partial charge >= 0.3 is 0 Å². The molecule has 0 aliphatic heterocycles. The van der Waals surface area contributed by atoms with Gasteiger partial charge in [0.2, 0.25) is 0 Å². The third-order valence-electron chi connectivity index (χ3n) is 3.84. The maximum absolute atomic E-state index is 4.50. The molecule has 0 bridgehead atoms. The lowest BCUT2D eigenvalue weighted by Crippen LogP contribution is -2.39. The molecule has 0 spiro atoms. The van der Waals surface area contributed by atoms with Crippen LogP contribution in [0.15, 0.2) is 5.38 Å². The molecule has 2 rings (SSSR count). The van der Waals surface area contributed by atoms with Gasteiger partial charge in [-0.15, -0.1) is 11.3 Å². The number of nitrogens with zero attached hydrogens (tertiary/aromatic N) is 1. The Morgan fingerprint density at radius 2 is 2.24 bits per heavy atom. The van der Waals surface area contributed by atoms with Crippen LogP contribution in [0.2, 0.25) is 0 Å². The normalized spacial score (nSPS) is 29.5. The summed E-state index contributed by atoms with van der Waals surface area (Å²) in [5.41, 5.74) is 1.16. The van der Waals surface area contributed by atoms with E-state index >= 15 is 0 Å². The van der Waals surface area contributed by atoms with Gasteiger partial charge < -0.3 is 5.32 Å². The van der Waals surface area contributed by atoms with Crippen LogP contribution in [0.4, 0.5) is 0 Å². The molecule has 1 aliphatic carbocycles. The van der Waals surface area contributed by atoms with Gasteiger partial charge in [-0.1, -0.05) is 13.8 Å². The zero-order valence-corrected chi connectivity index (χ0v) is 12.0. The molecule has 0 radical (unpaired) electrons. The number of aryl methyl sites for hydroxylation is 1. The summed E-state index contributed by atoms with van der Waals surface area (Å²) in [6.07, 6.45) is 5.20. The summed E-state index contributed by atoms with van der Waals surface area (Å²) in [6, 6.07) is 0.729. The smallest absolute Gasteiger partial charge is 0.0940 e. The van der Waals surface area contributed by atoms with E-state index in [1.165, 1.54) is 24.3 Å². The van der Waals surface area contributed by atoms with Crippen LogP contribution in [-0.4, -0.2) is 17.6 Å². The summed E-state index contributed by atoms with van der Waals surface area (Å²) in [4.78, 5) is 4.50. The SMILES string of the molecule is Cc1csc(CCNC2CCC(C)CC2C)n1. The number of rotatable bonds is 4. The Morgan fingerprint density at radius 1 is 1.41 bits per heavy atom. The molecule has 17 heavy (non-hydrogen) atoms. The van der Waals surface area contributed by atoms with E-state index in [0.717, 1.165) is 36.5 Å². The molecule has 1 N–H and O–H groups in total. The fraction of sp³-hybridized carbons (Fsp3) is 0.786. The summed E-state index contributed by atoms with van der Waals surface area (Å²) in [7, 11) is 0. The highest BCUT2D eigenvalue weighted by Gasteiger charge is 2.24. The lowest BCUT2D eigenvalue weighted by atomic mass is 9.80. The third-order valence-corrected chi connectivity index (χ3v) is 4.87. The number of hydrogen-bond acceptors (Lipinski definition) is 3. The second kappa shape index (κ2) is 5.96. The van der Waals surface area contributed by atoms with Gasteiger partial charge in [-0.25, -0.2) is 4.98 Å². The van der Waals surface area contributed by atoms with Crippen molar-refractivity contribution in [3.63, 3.8) is 0 Å². The predicted molar refractivity (Wildman–Crippen MR) is 74.5 cm³/mol. The molecule has 96 valence electrons. The minimum atomic E-state index is 0.729. The van der Waals surface area contributed by atoms with Gasteiger partial charge in [-0.2, -0.15) is 0 Å². The highest BCUT2D eigenvalue weighted by molar-refractivity contribution is 7.09. The minimum Gasteiger partial charge on any atom is -0.313 e. The molecule has 2 nitrogen and oxygen atoms in total. The Balaban J connectivity index is 1.71. The Labute approximate surface area is 109 Å². The first-order valence-corrected chi connectivity index (χ1v) is 7.67. The fourth-order valence-corrected chi connectivity index (χ4v) is 3.63. The standard InChI is InChI=1S/C14H24N2S/c1-10-4-5-13(11(2)8-10)15-7-6-14-16-12(3)9-17-14/h9-11,13,15H,4-8H2,1-3H3. The maximum atomic E-state index is 4.50. The molecular formula is C14H24N2S. The molecular weight excluding hydrogens is 228 g/mol. The lowest BCUT2D eigenvalue weighted by molar-refractivity contribution is 0.229. The molecule has 1 aromatic rings. The highest BCUT2D eigenvalue weighted by atomic mass is 32.1. The largest absolute Gasteiger partial charge is 0.313 e. The summed E-state index contributed by atoms with van der Waals surface area (Å²) in [5, 5.41) is 7.13. The van der Waals surface area contributed by atoms with Crippen LogP contribution in [0.1, 0.15) is 43.8 Å². The van der Waals surface area contributed by atoms with Crippen LogP contribution in [0.25, 0.3) is 0 Å². The van der Waals surface area contributed by atoms with Gasteiger partial charge in [-0.05, 0) is 38.0 Å². The summed E-state index contributed by atoms with van der Waals surface area (Å²) in [6.45, 7) is 7.92. The zero-order valence-electron chi connectivity index (χ0n) is 11.2. The molecule has 3 unspecified atom stereocenters. The van der Waals surface area contributed by atoms with Crippen molar-refractivity contribution in [3.8, 4) is 0 Å². The summed E-state index contributed by atoms with van der Waals surface area (Å²) in [5.74, 6) is 1.75. The molecule has 1 heterocycles. The highest BCUT2D eigenvalue weighted by Crippen LogP contribution is 2.28. The van der Waals surface area contributed by atoms with E-state index in [9.17, 15) is 0 Å². The first kappa shape index (κ1) is 13.0. The topological polar surface area (TPSA) is 24.9 Å². The van der Waals surface area contributed by atoms with Crippen molar-refractivity contribution < 1.29 is 0 Å². The minimum absolute atomic E-state index is 0.729. The Kier molecular flexibility index (Phi) is 4.57. The molecule has 0 amide bonds. The Morgan fingerprint density at radius 3 is 2.88 bits per heavy atom. The number of aromatic nitrogens is 1. The summed E-state index contributed by atoms with van der Waals surface area (Å²) >= 11 is 1.79. The second-order valence-corrected chi connectivity index (χ2v) is 6.53. The predicted octanol–water partition coefficient (Wildman–Crippen LogP) is 3.41. The van der Waals surface area contributed by atoms with Crippen LogP contribution < -0.4 is 5.32 Å². The van der Waals surface area contributed by atoms with Crippen molar-refractivity contribution in [2.24, 2.45) is 11.8 Å². The van der Waals surface area contributed by atoms with Gasteiger partial charge in [-0.3, -0.25) is 0 Å². The molecule has 3 heteroatoms. The Bertz CT molecular complexity index is 348. The maximum Gasteiger partial charge on any atom is 0.0940 e. The molecule has 0 saturated heterocycles. The summed E-state index contributed by atoms with van der Waals surface area (Å²) < 4.78 is 0. The molecule has 3 atom stereocenters. The van der Waals surface area contributed by atoms with E-state index in [2.05, 4.69) is 36.5 Å². The van der Waals surface area contributed by atoms with Crippen molar-refractivity contribution >= 4 is 11.3 Å². The van der Waals surface area contributed by atoms with E-state index in [-0.39, 0.29) is 0 Å². The molecule has 1 fully saturated rings. The van der Waals surface area contributed by atoms with E-state index < -0.39 is 0 Å². The first-order valence-electron chi connectivity index (χ1n) is 6.79. The van der Waals surface area contributed by atoms with Gasteiger partial charge in [0, 0.05) is 30.1 Å². The van der Waals surface area contributed by atoms with Crippen LogP contribution in [0, 0.1) is 18.8 Å². The Hall–Kier alpha value is -0.410. The number of thiazole rings is 1. The van der Waals surface area contributed by atoms with Crippen molar-refractivity contribution in [1.82, 2.24) is 10.3 Å². The zero-order chi connectivity index (χ0) is 12.3. The average Bonchev–Trinajstić information content (AvgIpc) is 2.68.